The smallest absolute Gasteiger partial charge is 0.122 e. The SMILES string of the molecule is CN(Cc1ccc(C(=N)N)cc1)C1CCC1. The maximum Gasteiger partial charge on any atom is 0.122 e. The summed E-state index contributed by atoms with van der Waals surface area (Å²) < 4.78 is 0. The predicted molar refractivity (Wildman–Crippen MR) is 66.6 cm³/mol. The van der Waals surface area contributed by atoms with Crippen LogP contribution < -0.4 is 5.73 Å². The Labute approximate surface area is 96.8 Å². The first-order valence-corrected chi connectivity index (χ1v) is 5.80. The quantitative estimate of drug-likeness (QED) is 0.598. The second-order valence-electron chi connectivity index (χ2n) is 4.61. The molecular formula is C13H19N3. The van der Waals surface area contributed by atoms with Crippen LogP contribution in [0.15, 0.2) is 24.3 Å². The topological polar surface area (TPSA) is 53.1 Å². The van der Waals surface area contributed by atoms with Crippen molar-refractivity contribution in [2.75, 3.05) is 7.05 Å². The molecule has 2 rings (SSSR count). The standard InChI is InChI=1S/C13H19N3/c1-16(12-3-2-4-12)9-10-5-7-11(8-6-10)13(14)15/h5-8,12H,2-4,9H2,1H3,(H3,14,15). The van der Waals surface area contributed by atoms with Gasteiger partial charge in [-0.25, -0.2) is 0 Å². The fourth-order valence-corrected chi connectivity index (χ4v) is 2.03. The van der Waals surface area contributed by atoms with Crippen LogP contribution in [-0.4, -0.2) is 23.8 Å². The van der Waals surface area contributed by atoms with Crippen molar-refractivity contribution in [1.82, 2.24) is 4.90 Å². The van der Waals surface area contributed by atoms with E-state index in [1.165, 1.54) is 24.8 Å². The van der Waals surface area contributed by atoms with Gasteiger partial charge in [-0.15, -0.1) is 0 Å². The minimum Gasteiger partial charge on any atom is -0.384 e. The van der Waals surface area contributed by atoms with Gasteiger partial charge in [0.05, 0.1) is 0 Å². The van der Waals surface area contributed by atoms with E-state index in [9.17, 15) is 0 Å². The molecule has 1 aromatic rings. The first-order valence-electron chi connectivity index (χ1n) is 5.80. The number of hydrogen-bond acceptors (Lipinski definition) is 2. The Hall–Kier alpha value is -1.35. The number of nitrogens with two attached hydrogens (primary N) is 1. The summed E-state index contributed by atoms with van der Waals surface area (Å²) in [4.78, 5) is 2.41. The third kappa shape index (κ3) is 2.42. The normalized spacial score (nSPS) is 16.1. The number of nitrogens with one attached hydrogen (secondary N) is 1. The van der Waals surface area contributed by atoms with Gasteiger partial charge in [0.1, 0.15) is 5.84 Å². The molecule has 1 aromatic carbocycles. The van der Waals surface area contributed by atoms with E-state index in [0.29, 0.717) is 0 Å². The van der Waals surface area contributed by atoms with Crippen LogP contribution in [0.5, 0.6) is 0 Å². The Bertz CT molecular complexity index is 365. The molecule has 3 nitrogen and oxygen atoms in total. The number of benzene rings is 1. The predicted octanol–water partition coefficient (Wildman–Crippen LogP) is 1.95. The van der Waals surface area contributed by atoms with Gasteiger partial charge in [0.25, 0.3) is 0 Å². The highest BCUT2D eigenvalue weighted by Gasteiger charge is 2.21. The van der Waals surface area contributed by atoms with Gasteiger partial charge in [0, 0.05) is 18.2 Å². The third-order valence-corrected chi connectivity index (χ3v) is 3.39. The van der Waals surface area contributed by atoms with Gasteiger partial charge in [0.15, 0.2) is 0 Å². The zero-order valence-electron chi connectivity index (χ0n) is 9.74. The van der Waals surface area contributed by atoms with Crippen molar-refractivity contribution >= 4 is 5.84 Å². The van der Waals surface area contributed by atoms with E-state index in [2.05, 4.69) is 24.1 Å². The lowest BCUT2D eigenvalue weighted by molar-refractivity contribution is 0.152. The molecule has 0 unspecified atom stereocenters. The number of hydrogen-bond donors (Lipinski definition) is 2. The molecule has 0 aromatic heterocycles. The van der Waals surface area contributed by atoms with Gasteiger partial charge < -0.3 is 5.73 Å². The van der Waals surface area contributed by atoms with Crippen LogP contribution >= 0.6 is 0 Å². The van der Waals surface area contributed by atoms with Gasteiger partial charge in [-0.3, -0.25) is 10.3 Å². The summed E-state index contributed by atoms with van der Waals surface area (Å²) in [6.07, 6.45) is 4.04. The highest BCUT2D eigenvalue weighted by molar-refractivity contribution is 5.94. The van der Waals surface area contributed by atoms with Crippen molar-refractivity contribution in [1.29, 1.82) is 5.41 Å². The first-order chi connectivity index (χ1) is 7.66. The average Bonchev–Trinajstić information content (AvgIpc) is 2.15. The maximum absolute atomic E-state index is 7.32. The molecule has 0 aliphatic heterocycles. The maximum atomic E-state index is 7.32. The third-order valence-electron chi connectivity index (χ3n) is 3.39. The van der Waals surface area contributed by atoms with E-state index < -0.39 is 0 Å². The summed E-state index contributed by atoms with van der Waals surface area (Å²) in [5.74, 6) is 0.138. The first kappa shape index (κ1) is 11.1. The number of rotatable bonds is 4. The molecule has 3 N–H and O–H groups in total. The Morgan fingerprint density at radius 1 is 1.38 bits per heavy atom. The van der Waals surface area contributed by atoms with Gasteiger partial charge in [-0.1, -0.05) is 30.7 Å². The highest BCUT2D eigenvalue weighted by Crippen LogP contribution is 2.24. The van der Waals surface area contributed by atoms with Crippen LogP contribution in [0.1, 0.15) is 30.4 Å². The lowest BCUT2D eigenvalue weighted by Crippen LogP contribution is -2.36. The van der Waals surface area contributed by atoms with Crippen LogP contribution in [0.25, 0.3) is 0 Å². The van der Waals surface area contributed by atoms with Gasteiger partial charge >= 0.3 is 0 Å². The molecule has 0 amide bonds. The minimum absolute atomic E-state index is 0.138. The second-order valence-corrected chi connectivity index (χ2v) is 4.61. The number of nitrogen functional groups attached to an aromatic ring is 1. The van der Waals surface area contributed by atoms with Gasteiger partial charge in [-0.2, -0.15) is 0 Å². The molecule has 0 spiro atoms. The molecular weight excluding hydrogens is 198 g/mol. The van der Waals surface area contributed by atoms with E-state index in [1.807, 2.05) is 12.1 Å². The number of amidine groups is 1. The van der Waals surface area contributed by atoms with Gasteiger partial charge in [-0.05, 0) is 25.5 Å². The zero-order valence-corrected chi connectivity index (χ0v) is 9.74. The molecule has 0 atom stereocenters. The monoisotopic (exact) mass is 217 g/mol. The van der Waals surface area contributed by atoms with E-state index in [1.54, 1.807) is 0 Å². The van der Waals surface area contributed by atoms with Crippen molar-refractivity contribution in [3.05, 3.63) is 35.4 Å². The Kier molecular flexibility index (Phi) is 3.25. The van der Waals surface area contributed by atoms with Crippen LogP contribution in [0, 0.1) is 5.41 Å². The van der Waals surface area contributed by atoms with Gasteiger partial charge in [0.2, 0.25) is 0 Å². The summed E-state index contributed by atoms with van der Waals surface area (Å²) in [5.41, 5.74) is 7.51. The molecule has 1 aliphatic carbocycles. The molecule has 0 saturated heterocycles. The second kappa shape index (κ2) is 4.66. The zero-order chi connectivity index (χ0) is 11.5. The molecule has 1 fully saturated rings. The van der Waals surface area contributed by atoms with Crippen molar-refractivity contribution in [2.24, 2.45) is 5.73 Å². The van der Waals surface area contributed by atoms with Crippen molar-refractivity contribution < 1.29 is 0 Å². The molecule has 0 radical (unpaired) electrons. The lowest BCUT2D eigenvalue weighted by Gasteiger charge is -2.34. The van der Waals surface area contributed by atoms with Crippen molar-refractivity contribution in [3.8, 4) is 0 Å². The van der Waals surface area contributed by atoms with Crippen molar-refractivity contribution in [2.45, 2.75) is 31.8 Å². The van der Waals surface area contributed by atoms with Crippen LogP contribution in [-0.2, 0) is 6.54 Å². The Morgan fingerprint density at radius 3 is 2.44 bits per heavy atom. The lowest BCUT2D eigenvalue weighted by atomic mass is 9.91. The minimum atomic E-state index is 0.138. The van der Waals surface area contributed by atoms with Crippen LogP contribution in [0.4, 0.5) is 0 Å². The fraction of sp³-hybridized carbons (Fsp3) is 0.462. The molecule has 3 heteroatoms. The van der Waals surface area contributed by atoms with Crippen LogP contribution in [0.3, 0.4) is 0 Å². The largest absolute Gasteiger partial charge is 0.384 e. The van der Waals surface area contributed by atoms with Crippen LogP contribution in [0.2, 0.25) is 0 Å². The highest BCUT2D eigenvalue weighted by atomic mass is 15.1. The summed E-state index contributed by atoms with van der Waals surface area (Å²) in [6.45, 7) is 0.989. The average molecular weight is 217 g/mol. The Balaban J connectivity index is 1.96. The Morgan fingerprint density at radius 2 is 2.00 bits per heavy atom. The molecule has 0 bridgehead atoms. The molecule has 1 aliphatic rings. The molecule has 86 valence electrons. The molecule has 1 saturated carbocycles. The fourth-order valence-electron chi connectivity index (χ4n) is 2.03. The summed E-state index contributed by atoms with van der Waals surface area (Å²) in [7, 11) is 2.18. The van der Waals surface area contributed by atoms with Crippen molar-refractivity contribution in [3.63, 3.8) is 0 Å². The number of nitrogens with zero attached hydrogens (tertiary/aromatic N) is 1. The molecule has 0 heterocycles. The van der Waals surface area contributed by atoms with E-state index in [0.717, 1.165) is 18.2 Å². The van der Waals surface area contributed by atoms with E-state index >= 15 is 0 Å². The summed E-state index contributed by atoms with van der Waals surface area (Å²) in [6, 6.07) is 8.74. The summed E-state index contributed by atoms with van der Waals surface area (Å²) in [5, 5.41) is 7.32. The summed E-state index contributed by atoms with van der Waals surface area (Å²) >= 11 is 0. The molecule has 16 heavy (non-hydrogen) atoms. The van der Waals surface area contributed by atoms with E-state index in [4.69, 9.17) is 11.1 Å². The van der Waals surface area contributed by atoms with E-state index in [-0.39, 0.29) is 5.84 Å².